The first-order valence-electron chi connectivity index (χ1n) is 5.80. The van der Waals surface area contributed by atoms with E-state index in [4.69, 9.17) is 5.11 Å². The van der Waals surface area contributed by atoms with Crippen LogP contribution >= 0.6 is 0 Å². The van der Waals surface area contributed by atoms with Crippen LogP contribution in [0.3, 0.4) is 0 Å². The van der Waals surface area contributed by atoms with Gasteiger partial charge in [0.05, 0.1) is 11.8 Å². The fourth-order valence-corrected chi connectivity index (χ4v) is 3.42. The molecule has 5 nitrogen and oxygen atoms in total. The van der Waals surface area contributed by atoms with Crippen LogP contribution in [0, 0.1) is 23.7 Å². The summed E-state index contributed by atoms with van der Waals surface area (Å²) in [7, 11) is 0. The molecule has 0 unspecified atom stereocenters. The summed E-state index contributed by atoms with van der Waals surface area (Å²) in [5.41, 5.74) is 0. The maximum Gasteiger partial charge on any atom is 0.326 e. The second-order valence-electron chi connectivity index (χ2n) is 5.06. The van der Waals surface area contributed by atoms with E-state index in [-0.39, 0.29) is 35.5 Å². The van der Waals surface area contributed by atoms with E-state index in [0.29, 0.717) is 0 Å². The second kappa shape index (κ2) is 3.18. The molecule has 1 N–H and O–H groups in total. The molecule has 1 aliphatic heterocycles. The van der Waals surface area contributed by atoms with Crippen LogP contribution in [-0.4, -0.2) is 33.8 Å². The highest BCUT2D eigenvalue weighted by Gasteiger charge is 2.60. The predicted molar refractivity (Wildman–Crippen MR) is 56.7 cm³/mol. The molecular weight excluding hydrogens is 222 g/mol. The van der Waals surface area contributed by atoms with Gasteiger partial charge < -0.3 is 5.11 Å². The van der Waals surface area contributed by atoms with Crippen molar-refractivity contribution < 1.29 is 19.5 Å². The van der Waals surface area contributed by atoms with Crippen molar-refractivity contribution in [3.8, 4) is 0 Å². The number of carboxylic acids is 1. The maximum absolute atomic E-state index is 12.1. The lowest BCUT2D eigenvalue weighted by molar-refractivity contribution is -0.154. The lowest BCUT2D eigenvalue weighted by atomic mass is 9.85. The zero-order chi connectivity index (χ0) is 12.3. The van der Waals surface area contributed by atoms with Gasteiger partial charge in [0, 0.05) is 0 Å². The highest BCUT2D eigenvalue weighted by atomic mass is 16.4. The third kappa shape index (κ3) is 1.16. The number of carboxylic acid groups (broad SMARTS) is 1. The summed E-state index contributed by atoms with van der Waals surface area (Å²) < 4.78 is 0. The molecule has 90 valence electrons. The van der Waals surface area contributed by atoms with Crippen LogP contribution in [-0.2, 0) is 14.4 Å². The van der Waals surface area contributed by atoms with Crippen molar-refractivity contribution in [2.24, 2.45) is 23.7 Å². The monoisotopic (exact) mass is 235 g/mol. The molecule has 5 atom stereocenters. The summed E-state index contributed by atoms with van der Waals surface area (Å²) in [5.74, 6) is -2.08. The minimum Gasteiger partial charge on any atom is -0.480 e. The van der Waals surface area contributed by atoms with Gasteiger partial charge >= 0.3 is 5.97 Å². The molecule has 0 aromatic heterocycles. The minimum atomic E-state index is -1.13. The van der Waals surface area contributed by atoms with Crippen molar-refractivity contribution in [1.82, 2.24) is 4.90 Å². The minimum absolute atomic E-state index is 0.132. The molecule has 5 heteroatoms. The van der Waals surface area contributed by atoms with Gasteiger partial charge in [0.15, 0.2) is 0 Å². The Morgan fingerprint density at radius 1 is 1.29 bits per heavy atom. The Balaban J connectivity index is 1.95. The molecule has 2 amide bonds. The summed E-state index contributed by atoms with van der Waals surface area (Å²) in [6.45, 7) is 1.38. The molecule has 1 heterocycles. The van der Waals surface area contributed by atoms with Crippen molar-refractivity contribution in [3.63, 3.8) is 0 Å². The first-order valence-corrected chi connectivity index (χ1v) is 5.80. The van der Waals surface area contributed by atoms with Crippen molar-refractivity contribution in [2.75, 3.05) is 0 Å². The number of hydrogen-bond donors (Lipinski definition) is 1. The number of amides is 2. The predicted octanol–water partition coefficient (Wildman–Crippen LogP) is 0.267. The van der Waals surface area contributed by atoms with E-state index in [0.717, 1.165) is 11.3 Å². The molecule has 3 aliphatic rings. The summed E-state index contributed by atoms with van der Waals surface area (Å²) in [5, 5.41) is 8.93. The number of carbonyl (C=O) groups is 3. The number of imide groups is 1. The number of hydrogen-bond acceptors (Lipinski definition) is 3. The molecule has 1 saturated heterocycles. The van der Waals surface area contributed by atoms with Crippen molar-refractivity contribution in [1.29, 1.82) is 0 Å². The van der Waals surface area contributed by atoms with E-state index < -0.39 is 12.0 Å². The SMILES string of the molecule is C[C@@H](C(=O)O)N1C(=O)[C@@H]2[C@@H](C1=O)[C@H]1C=C[C@H]2C1. The van der Waals surface area contributed by atoms with Crippen LogP contribution < -0.4 is 0 Å². The summed E-state index contributed by atoms with van der Waals surface area (Å²) in [6.07, 6.45) is 4.85. The molecule has 1 saturated carbocycles. The van der Waals surface area contributed by atoms with Gasteiger partial charge in [-0.2, -0.15) is 0 Å². The topological polar surface area (TPSA) is 74.7 Å². The largest absolute Gasteiger partial charge is 0.480 e. The van der Waals surface area contributed by atoms with Crippen molar-refractivity contribution >= 4 is 17.8 Å². The number of rotatable bonds is 2. The fraction of sp³-hybridized carbons (Fsp3) is 0.583. The van der Waals surface area contributed by atoms with Gasteiger partial charge in [0.1, 0.15) is 6.04 Å². The van der Waals surface area contributed by atoms with Gasteiger partial charge in [-0.3, -0.25) is 14.5 Å². The van der Waals surface area contributed by atoms with Gasteiger partial charge in [-0.15, -0.1) is 0 Å². The standard InChI is InChI=1S/C12H13NO4/c1-5(12(16)17)13-10(14)8-6-2-3-7(4-6)9(8)11(13)15/h2-3,5-9H,4H2,1H3,(H,16,17)/t5-,6-,7-,8-,9-/m0/s1. The number of likely N-dealkylation sites (tertiary alicyclic amines) is 1. The highest BCUT2D eigenvalue weighted by molar-refractivity contribution is 6.08. The average molecular weight is 235 g/mol. The molecule has 0 aromatic rings. The first-order chi connectivity index (χ1) is 8.02. The molecule has 0 aromatic carbocycles. The summed E-state index contributed by atoms with van der Waals surface area (Å²) >= 11 is 0. The molecule has 2 fully saturated rings. The maximum atomic E-state index is 12.1. The Bertz CT molecular complexity index is 425. The lowest BCUT2D eigenvalue weighted by Gasteiger charge is -2.20. The zero-order valence-electron chi connectivity index (χ0n) is 9.37. The molecule has 17 heavy (non-hydrogen) atoms. The summed E-state index contributed by atoms with van der Waals surface area (Å²) in [4.78, 5) is 36.1. The number of nitrogens with zero attached hydrogens (tertiary/aromatic N) is 1. The fourth-order valence-electron chi connectivity index (χ4n) is 3.42. The van der Waals surface area contributed by atoms with E-state index in [1.807, 2.05) is 12.2 Å². The Labute approximate surface area is 98.1 Å². The first kappa shape index (κ1) is 10.5. The highest BCUT2D eigenvalue weighted by Crippen LogP contribution is 2.52. The Morgan fingerprint density at radius 2 is 1.76 bits per heavy atom. The number of allylic oxidation sites excluding steroid dienone is 2. The van der Waals surface area contributed by atoms with Crippen LogP contribution in [0.5, 0.6) is 0 Å². The molecule has 2 bridgehead atoms. The van der Waals surface area contributed by atoms with E-state index in [2.05, 4.69) is 0 Å². The van der Waals surface area contributed by atoms with E-state index >= 15 is 0 Å². The second-order valence-corrected chi connectivity index (χ2v) is 5.06. The van der Waals surface area contributed by atoms with Gasteiger partial charge in [-0.1, -0.05) is 12.2 Å². The number of fused-ring (bicyclic) bond motifs is 5. The Hall–Kier alpha value is -1.65. The van der Waals surface area contributed by atoms with Gasteiger partial charge in [0.25, 0.3) is 0 Å². The van der Waals surface area contributed by atoms with Gasteiger partial charge in [-0.25, -0.2) is 4.79 Å². The zero-order valence-corrected chi connectivity index (χ0v) is 9.37. The van der Waals surface area contributed by atoms with Crippen molar-refractivity contribution in [2.45, 2.75) is 19.4 Å². The van der Waals surface area contributed by atoms with Crippen LogP contribution in [0.25, 0.3) is 0 Å². The van der Waals surface area contributed by atoms with Crippen LogP contribution in [0.1, 0.15) is 13.3 Å². The molecule has 0 spiro atoms. The third-order valence-electron chi connectivity index (χ3n) is 4.25. The molecule has 3 rings (SSSR count). The van der Waals surface area contributed by atoms with E-state index in [1.54, 1.807) is 0 Å². The van der Waals surface area contributed by atoms with E-state index in [9.17, 15) is 14.4 Å². The van der Waals surface area contributed by atoms with Gasteiger partial charge in [-0.05, 0) is 25.2 Å². The third-order valence-corrected chi connectivity index (χ3v) is 4.25. The molecule has 0 radical (unpaired) electrons. The van der Waals surface area contributed by atoms with Crippen LogP contribution in [0.2, 0.25) is 0 Å². The Kier molecular flexibility index (Phi) is 1.97. The summed E-state index contributed by atoms with van der Waals surface area (Å²) in [6, 6.07) is -1.06. The van der Waals surface area contributed by atoms with Crippen LogP contribution in [0.4, 0.5) is 0 Å². The lowest BCUT2D eigenvalue weighted by Crippen LogP contribution is -2.44. The molecule has 2 aliphatic carbocycles. The number of carbonyl (C=O) groups excluding carboxylic acids is 2. The smallest absolute Gasteiger partial charge is 0.326 e. The normalized spacial score (nSPS) is 39.9. The van der Waals surface area contributed by atoms with Crippen molar-refractivity contribution in [3.05, 3.63) is 12.2 Å². The average Bonchev–Trinajstić information content (AvgIpc) is 2.92. The Morgan fingerprint density at radius 3 is 2.18 bits per heavy atom. The van der Waals surface area contributed by atoms with E-state index in [1.165, 1.54) is 6.92 Å². The van der Waals surface area contributed by atoms with Gasteiger partial charge in [0.2, 0.25) is 11.8 Å². The van der Waals surface area contributed by atoms with Crippen LogP contribution in [0.15, 0.2) is 12.2 Å². The quantitative estimate of drug-likeness (QED) is 0.550. The molecular formula is C12H13NO4. The number of aliphatic carboxylic acids is 1.